The van der Waals surface area contributed by atoms with Crippen molar-refractivity contribution in [2.75, 3.05) is 0 Å². The van der Waals surface area contributed by atoms with Crippen molar-refractivity contribution in [3.8, 4) is 11.5 Å². The van der Waals surface area contributed by atoms with Gasteiger partial charge in [0.05, 0.1) is 0 Å². The molecular weight excluding hydrogens is 360 g/mol. The highest BCUT2D eigenvalue weighted by molar-refractivity contribution is 5.90. The molecule has 0 bridgehead atoms. The van der Waals surface area contributed by atoms with Gasteiger partial charge in [-0.05, 0) is 53.5 Å². The van der Waals surface area contributed by atoms with Crippen LogP contribution in [0.1, 0.15) is 69.4 Å². The van der Waals surface area contributed by atoms with E-state index in [0.29, 0.717) is 11.3 Å². The van der Waals surface area contributed by atoms with Gasteiger partial charge >= 0.3 is 5.97 Å². The Morgan fingerprint density at radius 2 is 1.41 bits per heavy atom. The molecule has 0 fully saturated rings. The molecule has 0 aliphatic heterocycles. The van der Waals surface area contributed by atoms with E-state index < -0.39 is 5.97 Å². The average Bonchev–Trinajstić information content (AvgIpc) is 2.58. The Bertz CT molecular complexity index is 923. The number of para-hydroxylation sites is 1. The Kier molecular flexibility index (Phi) is 6.32. The molecular formula is C26H34O3. The van der Waals surface area contributed by atoms with Crippen LogP contribution in [0, 0.1) is 13.8 Å². The molecule has 0 radical (unpaired) electrons. The van der Waals surface area contributed by atoms with Crippen molar-refractivity contribution >= 4 is 5.97 Å². The van der Waals surface area contributed by atoms with Gasteiger partial charge in [-0.2, -0.15) is 0 Å². The molecule has 0 aliphatic carbocycles. The second-order valence-corrected chi connectivity index (χ2v) is 9.81. The first-order valence-corrected chi connectivity index (χ1v) is 10.1. The molecule has 1 N–H and O–H groups in total. The molecule has 0 spiro atoms. The zero-order chi connectivity index (χ0) is 22.1. The van der Waals surface area contributed by atoms with Crippen LogP contribution < -0.4 is 4.74 Å². The van der Waals surface area contributed by atoms with E-state index in [1.807, 2.05) is 18.2 Å². The molecule has 0 amide bonds. The first kappa shape index (κ1) is 22.7. The molecule has 0 aromatic heterocycles. The maximum atomic E-state index is 12.6. The smallest absolute Gasteiger partial charge is 0.339 e. The van der Waals surface area contributed by atoms with Gasteiger partial charge in [-0.15, -0.1) is 0 Å². The third-order valence-electron chi connectivity index (χ3n) is 5.27. The van der Waals surface area contributed by atoms with Crippen LogP contribution in [-0.2, 0) is 22.0 Å². The first-order chi connectivity index (χ1) is 13.2. The highest BCUT2D eigenvalue weighted by atomic mass is 16.5. The SMILES string of the molecule is C=C(Cc1c(O)c(C(C)(C)C)c(C)c(C)c1C(C)(C)C)C(=O)Oc1ccccc1. The highest BCUT2D eigenvalue weighted by Crippen LogP contribution is 2.44. The second kappa shape index (κ2) is 8.06. The van der Waals surface area contributed by atoms with Gasteiger partial charge in [0.1, 0.15) is 11.5 Å². The van der Waals surface area contributed by atoms with Crippen LogP contribution in [0.5, 0.6) is 11.5 Å². The molecule has 0 saturated heterocycles. The number of carbonyl (C=O) groups excluding carboxylic acids is 1. The fourth-order valence-electron chi connectivity index (χ4n) is 4.11. The van der Waals surface area contributed by atoms with Crippen molar-refractivity contribution in [2.24, 2.45) is 0 Å². The van der Waals surface area contributed by atoms with Crippen LogP contribution in [0.25, 0.3) is 0 Å². The van der Waals surface area contributed by atoms with Crippen molar-refractivity contribution in [1.82, 2.24) is 0 Å². The van der Waals surface area contributed by atoms with E-state index in [1.54, 1.807) is 12.1 Å². The number of aromatic hydroxyl groups is 1. The Labute approximate surface area is 175 Å². The number of ether oxygens (including phenoxy) is 1. The molecule has 0 atom stereocenters. The van der Waals surface area contributed by atoms with E-state index in [9.17, 15) is 9.90 Å². The lowest BCUT2D eigenvalue weighted by atomic mass is 9.72. The Hall–Kier alpha value is -2.55. The minimum atomic E-state index is -0.481. The predicted molar refractivity (Wildman–Crippen MR) is 120 cm³/mol. The molecule has 2 rings (SSSR count). The average molecular weight is 395 g/mol. The normalized spacial score (nSPS) is 12.0. The summed E-state index contributed by atoms with van der Waals surface area (Å²) in [5.41, 5.74) is 4.90. The van der Waals surface area contributed by atoms with Crippen LogP contribution in [0.2, 0.25) is 0 Å². The van der Waals surface area contributed by atoms with E-state index in [-0.39, 0.29) is 23.0 Å². The summed E-state index contributed by atoms with van der Waals surface area (Å²) in [4.78, 5) is 12.6. The van der Waals surface area contributed by atoms with E-state index in [0.717, 1.165) is 27.8 Å². The van der Waals surface area contributed by atoms with Gasteiger partial charge in [-0.3, -0.25) is 0 Å². The summed E-state index contributed by atoms with van der Waals surface area (Å²) in [7, 11) is 0. The Morgan fingerprint density at radius 3 is 1.90 bits per heavy atom. The van der Waals surface area contributed by atoms with Gasteiger partial charge < -0.3 is 9.84 Å². The van der Waals surface area contributed by atoms with Gasteiger partial charge in [0, 0.05) is 23.1 Å². The minimum Gasteiger partial charge on any atom is -0.507 e. The third-order valence-corrected chi connectivity index (χ3v) is 5.27. The van der Waals surface area contributed by atoms with Crippen LogP contribution in [0.3, 0.4) is 0 Å². The summed E-state index contributed by atoms with van der Waals surface area (Å²) < 4.78 is 5.45. The van der Waals surface area contributed by atoms with Crippen molar-refractivity contribution in [2.45, 2.75) is 72.6 Å². The molecule has 29 heavy (non-hydrogen) atoms. The number of hydrogen-bond donors (Lipinski definition) is 1. The Morgan fingerprint density at radius 1 is 0.931 bits per heavy atom. The maximum Gasteiger partial charge on any atom is 0.339 e. The van der Waals surface area contributed by atoms with Gasteiger partial charge in [0.15, 0.2) is 0 Å². The molecule has 0 saturated carbocycles. The van der Waals surface area contributed by atoms with Crippen molar-refractivity contribution in [3.63, 3.8) is 0 Å². The number of hydrogen-bond acceptors (Lipinski definition) is 3. The number of esters is 1. The topological polar surface area (TPSA) is 46.5 Å². The fraction of sp³-hybridized carbons (Fsp3) is 0.423. The number of phenols is 1. The lowest BCUT2D eigenvalue weighted by Crippen LogP contribution is -2.23. The predicted octanol–water partition coefficient (Wildman–Crippen LogP) is 6.31. The Balaban J connectivity index is 2.54. The fourth-order valence-corrected chi connectivity index (χ4v) is 4.11. The molecule has 156 valence electrons. The van der Waals surface area contributed by atoms with Gasteiger partial charge in [0.25, 0.3) is 0 Å². The number of carbonyl (C=O) groups is 1. The van der Waals surface area contributed by atoms with E-state index >= 15 is 0 Å². The van der Waals surface area contributed by atoms with E-state index in [1.165, 1.54) is 0 Å². The lowest BCUT2D eigenvalue weighted by Gasteiger charge is -2.33. The van der Waals surface area contributed by atoms with Crippen molar-refractivity contribution < 1.29 is 14.6 Å². The molecule has 2 aromatic rings. The summed E-state index contributed by atoms with van der Waals surface area (Å²) in [6.45, 7) is 20.8. The monoisotopic (exact) mass is 394 g/mol. The lowest BCUT2D eigenvalue weighted by molar-refractivity contribution is -0.130. The molecule has 3 heteroatoms. The zero-order valence-corrected chi connectivity index (χ0v) is 19.1. The molecule has 0 unspecified atom stereocenters. The highest BCUT2D eigenvalue weighted by Gasteiger charge is 2.31. The molecule has 0 heterocycles. The van der Waals surface area contributed by atoms with Crippen LogP contribution >= 0.6 is 0 Å². The quantitative estimate of drug-likeness (QED) is 0.375. The summed E-state index contributed by atoms with van der Waals surface area (Å²) in [6, 6.07) is 8.96. The van der Waals surface area contributed by atoms with Crippen molar-refractivity contribution in [3.05, 3.63) is 70.3 Å². The zero-order valence-electron chi connectivity index (χ0n) is 19.1. The number of benzene rings is 2. The van der Waals surface area contributed by atoms with Crippen molar-refractivity contribution in [1.29, 1.82) is 0 Å². The van der Waals surface area contributed by atoms with E-state index in [2.05, 4.69) is 62.0 Å². The van der Waals surface area contributed by atoms with E-state index in [4.69, 9.17) is 4.74 Å². The standard InChI is InChI=1S/C26H34O3/c1-16(24(28)29-19-13-11-10-12-14-19)15-20-21(25(4,5)6)17(2)18(3)22(23(20)27)26(7,8)9/h10-14,27H,1,15H2,2-9H3. The minimum absolute atomic E-state index is 0.193. The first-order valence-electron chi connectivity index (χ1n) is 10.1. The molecule has 3 nitrogen and oxygen atoms in total. The van der Waals surface area contributed by atoms with Gasteiger partial charge in [0.2, 0.25) is 0 Å². The van der Waals surface area contributed by atoms with Gasteiger partial charge in [-0.1, -0.05) is 66.3 Å². The number of phenolic OH excluding ortho intramolecular Hbond substituents is 1. The summed E-state index contributed by atoms with van der Waals surface area (Å²) in [5.74, 6) is 0.263. The number of rotatable bonds is 4. The molecule has 0 aliphatic rings. The second-order valence-electron chi connectivity index (χ2n) is 9.81. The third kappa shape index (κ3) is 4.90. The maximum absolute atomic E-state index is 12.6. The van der Waals surface area contributed by atoms with Gasteiger partial charge in [-0.25, -0.2) is 4.79 Å². The summed E-state index contributed by atoms with van der Waals surface area (Å²) >= 11 is 0. The van der Waals surface area contributed by atoms with Crippen LogP contribution in [-0.4, -0.2) is 11.1 Å². The summed E-state index contributed by atoms with van der Waals surface area (Å²) in [5, 5.41) is 11.3. The largest absolute Gasteiger partial charge is 0.507 e. The molecule has 2 aromatic carbocycles. The van der Waals surface area contributed by atoms with Crippen LogP contribution in [0.4, 0.5) is 0 Å². The van der Waals surface area contributed by atoms with Crippen LogP contribution in [0.15, 0.2) is 42.5 Å². The summed E-state index contributed by atoms with van der Waals surface area (Å²) in [6.07, 6.45) is 0.244.